The summed E-state index contributed by atoms with van der Waals surface area (Å²) in [6.07, 6.45) is 6.36. The van der Waals surface area contributed by atoms with Crippen molar-refractivity contribution in [1.82, 2.24) is 20.2 Å². The molecule has 7 heteroatoms. The van der Waals surface area contributed by atoms with E-state index in [1.807, 2.05) is 54.9 Å². The van der Waals surface area contributed by atoms with Crippen molar-refractivity contribution >= 4 is 39.7 Å². The standard InChI is InChI=1S/C31H30N4O3/c1-3-35-20-22(24-11-5-8-14-28(24)35)18-27(34-30(36)25-12-6-9-15-29(25)38-2)31(37)32-17-16-21-19-33-26-13-7-4-10-23(21)26/h4-15,18-20,33H,3,16-17H2,1-2H3,(H,32,37)(H,34,36)/b27-18-. The number of hydrogen-bond donors (Lipinski definition) is 3. The Morgan fingerprint density at radius 1 is 0.974 bits per heavy atom. The number of hydrogen-bond acceptors (Lipinski definition) is 3. The SMILES string of the molecule is CCn1cc(/C=C(\NC(=O)c2ccccc2OC)C(=O)NCCc2c[nH]c3ccccc23)c2ccccc21. The number of ether oxygens (including phenoxy) is 1. The van der Waals surface area contributed by atoms with Crippen LogP contribution in [0.3, 0.4) is 0 Å². The summed E-state index contributed by atoms with van der Waals surface area (Å²) in [6.45, 7) is 3.27. The van der Waals surface area contributed by atoms with Crippen LogP contribution < -0.4 is 15.4 Å². The van der Waals surface area contributed by atoms with Gasteiger partial charge in [-0.05, 0) is 49.2 Å². The number of aryl methyl sites for hydroxylation is 1. The van der Waals surface area contributed by atoms with Gasteiger partial charge >= 0.3 is 0 Å². The Balaban J connectivity index is 1.43. The minimum atomic E-state index is -0.417. The number of methoxy groups -OCH3 is 1. The molecule has 0 saturated carbocycles. The normalized spacial score (nSPS) is 11.6. The van der Waals surface area contributed by atoms with Crippen molar-refractivity contribution < 1.29 is 14.3 Å². The van der Waals surface area contributed by atoms with Crippen molar-refractivity contribution in [3.63, 3.8) is 0 Å². The molecule has 0 atom stereocenters. The molecule has 0 radical (unpaired) electrons. The highest BCUT2D eigenvalue weighted by atomic mass is 16.5. The van der Waals surface area contributed by atoms with Gasteiger partial charge < -0.3 is 24.9 Å². The molecule has 0 fully saturated rings. The zero-order chi connectivity index (χ0) is 26.5. The fourth-order valence-electron chi connectivity index (χ4n) is 4.73. The molecule has 0 bridgehead atoms. The largest absolute Gasteiger partial charge is 0.496 e. The van der Waals surface area contributed by atoms with Gasteiger partial charge in [0.05, 0.1) is 12.7 Å². The molecule has 0 spiro atoms. The van der Waals surface area contributed by atoms with Crippen molar-refractivity contribution in [3.8, 4) is 5.75 Å². The first-order valence-electron chi connectivity index (χ1n) is 12.7. The molecule has 3 N–H and O–H groups in total. The summed E-state index contributed by atoms with van der Waals surface area (Å²) in [5, 5.41) is 7.96. The number of benzene rings is 3. The number of nitrogens with zero attached hydrogens (tertiary/aromatic N) is 1. The van der Waals surface area contributed by atoms with E-state index in [0.717, 1.165) is 39.5 Å². The minimum absolute atomic E-state index is 0.166. The molecule has 0 aliphatic carbocycles. The second kappa shape index (κ2) is 11.1. The maximum Gasteiger partial charge on any atom is 0.267 e. The van der Waals surface area contributed by atoms with E-state index in [1.54, 1.807) is 30.3 Å². The lowest BCUT2D eigenvalue weighted by Gasteiger charge is -2.13. The molecule has 0 saturated heterocycles. The zero-order valence-corrected chi connectivity index (χ0v) is 21.5. The molecule has 5 aromatic rings. The number of amides is 2. The Morgan fingerprint density at radius 2 is 1.71 bits per heavy atom. The van der Waals surface area contributed by atoms with Gasteiger partial charge in [-0.2, -0.15) is 0 Å². The molecule has 7 nitrogen and oxygen atoms in total. The van der Waals surface area contributed by atoms with E-state index in [2.05, 4.69) is 33.2 Å². The van der Waals surface area contributed by atoms with Crippen LogP contribution in [0.4, 0.5) is 0 Å². The van der Waals surface area contributed by atoms with Crippen LogP contribution in [0, 0.1) is 0 Å². The van der Waals surface area contributed by atoms with Crippen LogP contribution in [0.15, 0.2) is 90.9 Å². The van der Waals surface area contributed by atoms with Gasteiger partial charge in [0.15, 0.2) is 0 Å². The van der Waals surface area contributed by atoms with Crippen LogP contribution in [-0.2, 0) is 17.8 Å². The lowest BCUT2D eigenvalue weighted by Crippen LogP contribution is -2.35. The van der Waals surface area contributed by atoms with E-state index in [-0.39, 0.29) is 11.6 Å². The molecule has 3 aromatic carbocycles. The monoisotopic (exact) mass is 506 g/mol. The number of carbonyl (C=O) groups is 2. The molecular weight excluding hydrogens is 476 g/mol. The molecule has 0 unspecified atom stereocenters. The van der Waals surface area contributed by atoms with Crippen molar-refractivity contribution in [3.05, 3.63) is 108 Å². The number of H-pyrrole nitrogens is 1. The van der Waals surface area contributed by atoms with Gasteiger partial charge in [-0.25, -0.2) is 0 Å². The highest BCUT2D eigenvalue weighted by molar-refractivity contribution is 6.07. The molecule has 2 aromatic heterocycles. The van der Waals surface area contributed by atoms with Gasteiger partial charge in [-0.1, -0.05) is 48.5 Å². The summed E-state index contributed by atoms with van der Waals surface area (Å²) in [6, 6.07) is 23.0. The van der Waals surface area contributed by atoms with Crippen molar-refractivity contribution in [1.29, 1.82) is 0 Å². The number of para-hydroxylation sites is 3. The highest BCUT2D eigenvalue weighted by Crippen LogP contribution is 2.24. The third kappa shape index (κ3) is 5.04. The van der Waals surface area contributed by atoms with E-state index >= 15 is 0 Å². The van der Waals surface area contributed by atoms with Crippen LogP contribution in [0.1, 0.15) is 28.4 Å². The Labute approximate surface area is 221 Å². The van der Waals surface area contributed by atoms with E-state index in [9.17, 15) is 9.59 Å². The van der Waals surface area contributed by atoms with Gasteiger partial charge in [0.2, 0.25) is 0 Å². The third-order valence-corrected chi connectivity index (χ3v) is 6.66. The average molecular weight is 507 g/mol. The number of aromatic amines is 1. The predicted molar refractivity (Wildman–Crippen MR) is 151 cm³/mol. The van der Waals surface area contributed by atoms with Crippen molar-refractivity contribution in [2.24, 2.45) is 0 Å². The number of fused-ring (bicyclic) bond motifs is 2. The number of rotatable bonds is 9. The maximum absolute atomic E-state index is 13.4. The summed E-state index contributed by atoms with van der Waals surface area (Å²) < 4.78 is 7.48. The Hall–Kier alpha value is -4.78. The third-order valence-electron chi connectivity index (χ3n) is 6.66. The lowest BCUT2D eigenvalue weighted by molar-refractivity contribution is -0.117. The fourth-order valence-corrected chi connectivity index (χ4v) is 4.73. The van der Waals surface area contributed by atoms with Gasteiger partial charge in [0.1, 0.15) is 11.4 Å². The van der Waals surface area contributed by atoms with E-state index < -0.39 is 5.91 Å². The first-order chi connectivity index (χ1) is 18.6. The first-order valence-corrected chi connectivity index (χ1v) is 12.7. The van der Waals surface area contributed by atoms with Gasteiger partial charge in [0.25, 0.3) is 11.8 Å². The minimum Gasteiger partial charge on any atom is -0.496 e. The Bertz CT molecular complexity index is 1640. The van der Waals surface area contributed by atoms with Crippen LogP contribution >= 0.6 is 0 Å². The first kappa shape index (κ1) is 24.9. The van der Waals surface area contributed by atoms with E-state index in [4.69, 9.17) is 4.74 Å². The number of nitrogens with one attached hydrogen (secondary N) is 3. The summed E-state index contributed by atoms with van der Waals surface area (Å²) >= 11 is 0. The Kier molecular flexibility index (Phi) is 7.26. The second-order valence-electron chi connectivity index (χ2n) is 8.97. The summed E-state index contributed by atoms with van der Waals surface area (Å²) in [5.74, 6) is -0.340. The quantitative estimate of drug-likeness (QED) is 0.238. The van der Waals surface area contributed by atoms with Gasteiger partial charge in [-0.15, -0.1) is 0 Å². The van der Waals surface area contributed by atoms with Crippen LogP contribution in [-0.4, -0.2) is 35.0 Å². The highest BCUT2D eigenvalue weighted by Gasteiger charge is 2.18. The summed E-state index contributed by atoms with van der Waals surface area (Å²) in [7, 11) is 1.51. The summed E-state index contributed by atoms with van der Waals surface area (Å²) in [4.78, 5) is 29.9. The smallest absolute Gasteiger partial charge is 0.267 e. The molecule has 2 amide bonds. The van der Waals surface area contributed by atoms with Crippen LogP contribution in [0.5, 0.6) is 5.75 Å². The lowest BCUT2D eigenvalue weighted by atomic mass is 10.1. The zero-order valence-electron chi connectivity index (χ0n) is 21.5. The topological polar surface area (TPSA) is 88.2 Å². The van der Waals surface area contributed by atoms with Crippen molar-refractivity contribution in [2.75, 3.05) is 13.7 Å². The van der Waals surface area contributed by atoms with Crippen molar-refractivity contribution in [2.45, 2.75) is 19.9 Å². The van der Waals surface area contributed by atoms with E-state index in [1.165, 1.54) is 7.11 Å². The Morgan fingerprint density at radius 3 is 2.53 bits per heavy atom. The summed E-state index contributed by atoms with van der Waals surface area (Å²) in [5.41, 5.74) is 4.62. The van der Waals surface area contributed by atoms with Gasteiger partial charge in [0, 0.05) is 52.9 Å². The van der Waals surface area contributed by atoms with Crippen LogP contribution in [0.2, 0.25) is 0 Å². The molecule has 2 heterocycles. The van der Waals surface area contributed by atoms with Crippen LogP contribution in [0.25, 0.3) is 27.9 Å². The predicted octanol–water partition coefficient (Wildman–Crippen LogP) is 5.28. The molecule has 0 aliphatic heterocycles. The average Bonchev–Trinajstić information content (AvgIpc) is 3.53. The molecule has 38 heavy (non-hydrogen) atoms. The fraction of sp³-hybridized carbons (Fsp3) is 0.161. The molecule has 0 aliphatic rings. The molecule has 5 rings (SSSR count). The second-order valence-corrected chi connectivity index (χ2v) is 8.97. The van der Waals surface area contributed by atoms with Gasteiger partial charge in [-0.3, -0.25) is 9.59 Å². The number of carbonyl (C=O) groups excluding carboxylic acids is 2. The molecule has 192 valence electrons. The number of aromatic nitrogens is 2. The molecular formula is C31H30N4O3. The maximum atomic E-state index is 13.4. The van der Waals surface area contributed by atoms with E-state index in [0.29, 0.717) is 24.3 Å².